The number of hydrogen-bond donors (Lipinski definition) is 1. The van der Waals surface area contributed by atoms with Crippen LogP contribution in [0.2, 0.25) is 0 Å². The highest BCUT2D eigenvalue weighted by Crippen LogP contribution is 2.30. The fraction of sp³-hybridized carbons (Fsp3) is 0.357. The number of ether oxygens (including phenoxy) is 2. The van der Waals surface area contributed by atoms with Crippen LogP contribution in [0.15, 0.2) is 30.6 Å². The molecule has 0 saturated heterocycles. The molecule has 5 heteroatoms. The second-order valence-electron chi connectivity index (χ2n) is 4.17. The molecular weight excluding hydrogens is 242 g/mol. The zero-order valence-corrected chi connectivity index (χ0v) is 11.3. The number of aryl methyl sites for hydroxylation is 1. The van der Waals surface area contributed by atoms with E-state index in [1.165, 1.54) is 0 Å². The van der Waals surface area contributed by atoms with Gasteiger partial charge in [-0.2, -0.15) is 0 Å². The first kappa shape index (κ1) is 13.4. The number of para-hydroxylation sites is 1. The molecule has 0 unspecified atom stereocenters. The van der Waals surface area contributed by atoms with Crippen molar-refractivity contribution < 1.29 is 9.47 Å². The van der Waals surface area contributed by atoms with E-state index in [0.717, 1.165) is 23.7 Å². The summed E-state index contributed by atoms with van der Waals surface area (Å²) in [4.78, 5) is 4.17. The first-order valence-electron chi connectivity index (χ1n) is 6.22. The molecule has 0 atom stereocenters. The lowest BCUT2D eigenvalue weighted by atomic mass is 10.2. The monoisotopic (exact) mass is 261 g/mol. The molecule has 2 rings (SSSR count). The minimum absolute atomic E-state index is 0.427. The maximum atomic E-state index is 5.82. The van der Waals surface area contributed by atoms with E-state index in [-0.39, 0.29) is 0 Å². The first-order chi connectivity index (χ1) is 9.26. The van der Waals surface area contributed by atoms with Crippen molar-refractivity contribution in [3.8, 4) is 11.5 Å². The quantitative estimate of drug-likeness (QED) is 0.860. The lowest BCUT2D eigenvalue weighted by Gasteiger charge is -2.14. The van der Waals surface area contributed by atoms with Gasteiger partial charge >= 0.3 is 0 Å². The molecule has 1 aromatic carbocycles. The summed E-state index contributed by atoms with van der Waals surface area (Å²) in [5.74, 6) is 2.42. The van der Waals surface area contributed by atoms with Crippen LogP contribution in [0, 0.1) is 6.92 Å². The van der Waals surface area contributed by atoms with E-state index in [4.69, 9.17) is 15.2 Å². The molecule has 1 heterocycles. The van der Waals surface area contributed by atoms with Gasteiger partial charge in [-0.05, 0) is 13.0 Å². The van der Waals surface area contributed by atoms with Crippen LogP contribution in [-0.4, -0.2) is 23.3 Å². The van der Waals surface area contributed by atoms with Crippen molar-refractivity contribution in [1.29, 1.82) is 0 Å². The minimum atomic E-state index is 0.427. The van der Waals surface area contributed by atoms with Gasteiger partial charge in [0.2, 0.25) is 0 Å². The molecule has 2 N–H and O–H groups in total. The number of imidazole rings is 1. The van der Waals surface area contributed by atoms with E-state index in [2.05, 4.69) is 4.98 Å². The molecule has 0 amide bonds. The highest BCUT2D eigenvalue weighted by molar-refractivity contribution is 5.46. The summed E-state index contributed by atoms with van der Waals surface area (Å²) in [6.45, 7) is 3.68. The third kappa shape index (κ3) is 3.06. The number of benzene rings is 1. The van der Waals surface area contributed by atoms with Gasteiger partial charge in [0, 0.05) is 24.5 Å². The van der Waals surface area contributed by atoms with Crippen LogP contribution >= 0.6 is 0 Å². The molecule has 5 nitrogen and oxygen atoms in total. The van der Waals surface area contributed by atoms with Crippen LogP contribution in [-0.2, 0) is 13.1 Å². The molecule has 0 radical (unpaired) electrons. The third-order valence-electron chi connectivity index (χ3n) is 3.00. The second kappa shape index (κ2) is 6.24. The SMILES string of the molecule is COc1cccc(CN)c1OCCn1ccnc1C. The van der Waals surface area contributed by atoms with E-state index in [1.54, 1.807) is 13.3 Å². The van der Waals surface area contributed by atoms with E-state index in [1.807, 2.05) is 35.9 Å². The fourth-order valence-electron chi connectivity index (χ4n) is 1.93. The largest absolute Gasteiger partial charge is 0.493 e. The lowest BCUT2D eigenvalue weighted by molar-refractivity contribution is 0.276. The van der Waals surface area contributed by atoms with Crippen molar-refractivity contribution in [2.75, 3.05) is 13.7 Å². The molecule has 0 aliphatic rings. The Morgan fingerprint density at radius 3 is 2.84 bits per heavy atom. The Morgan fingerprint density at radius 1 is 1.37 bits per heavy atom. The maximum Gasteiger partial charge on any atom is 0.165 e. The van der Waals surface area contributed by atoms with Crippen LogP contribution in [0.25, 0.3) is 0 Å². The van der Waals surface area contributed by atoms with Gasteiger partial charge in [0.1, 0.15) is 12.4 Å². The van der Waals surface area contributed by atoms with E-state index in [0.29, 0.717) is 18.9 Å². The zero-order valence-electron chi connectivity index (χ0n) is 11.3. The first-order valence-corrected chi connectivity index (χ1v) is 6.22. The van der Waals surface area contributed by atoms with Crippen LogP contribution in [0.3, 0.4) is 0 Å². The van der Waals surface area contributed by atoms with Crippen LogP contribution in [0.5, 0.6) is 11.5 Å². The second-order valence-corrected chi connectivity index (χ2v) is 4.17. The summed E-state index contributed by atoms with van der Waals surface area (Å²) in [5.41, 5.74) is 6.66. The van der Waals surface area contributed by atoms with Crippen LogP contribution in [0.4, 0.5) is 0 Å². The Balaban J connectivity index is 2.04. The van der Waals surface area contributed by atoms with Crippen molar-refractivity contribution in [3.63, 3.8) is 0 Å². The molecule has 0 aliphatic heterocycles. The number of rotatable bonds is 6. The molecule has 2 aromatic rings. The highest BCUT2D eigenvalue weighted by Gasteiger charge is 2.09. The Labute approximate surface area is 113 Å². The van der Waals surface area contributed by atoms with Crippen molar-refractivity contribution in [3.05, 3.63) is 42.0 Å². The molecule has 0 spiro atoms. The van der Waals surface area contributed by atoms with E-state index >= 15 is 0 Å². The average molecular weight is 261 g/mol. The van der Waals surface area contributed by atoms with Gasteiger partial charge in [-0.1, -0.05) is 12.1 Å². The molecule has 0 aliphatic carbocycles. The van der Waals surface area contributed by atoms with Gasteiger partial charge in [0.25, 0.3) is 0 Å². The van der Waals surface area contributed by atoms with Crippen LogP contribution in [0.1, 0.15) is 11.4 Å². The lowest BCUT2D eigenvalue weighted by Crippen LogP contribution is -2.11. The van der Waals surface area contributed by atoms with Crippen molar-refractivity contribution in [2.45, 2.75) is 20.0 Å². The predicted molar refractivity (Wildman–Crippen MR) is 73.3 cm³/mol. The third-order valence-corrected chi connectivity index (χ3v) is 3.00. The van der Waals surface area contributed by atoms with Gasteiger partial charge in [0.05, 0.1) is 13.7 Å². The van der Waals surface area contributed by atoms with E-state index in [9.17, 15) is 0 Å². The van der Waals surface area contributed by atoms with Gasteiger partial charge in [-0.15, -0.1) is 0 Å². The standard InChI is InChI=1S/C14H19N3O2/c1-11-16-6-7-17(11)8-9-19-14-12(10-15)4-3-5-13(14)18-2/h3-7H,8-10,15H2,1-2H3. The average Bonchev–Trinajstić information content (AvgIpc) is 2.84. The molecule has 102 valence electrons. The van der Waals surface area contributed by atoms with Crippen molar-refractivity contribution >= 4 is 0 Å². The Hall–Kier alpha value is -2.01. The normalized spacial score (nSPS) is 10.5. The van der Waals surface area contributed by atoms with E-state index < -0.39 is 0 Å². The minimum Gasteiger partial charge on any atom is -0.493 e. The van der Waals surface area contributed by atoms with Gasteiger partial charge < -0.3 is 19.8 Å². The van der Waals surface area contributed by atoms with Crippen LogP contribution < -0.4 is 15.2 Å². The zero-order chi connectivity index (χ0) is 13.7. The number of nitrogens with two attached hydrogens (primary N) is 1. The number of aromatic nitrogens is 2. The summed E-state index contributed by atoms with van der Waals surface area (Å²) in [7, 11) is 1.63. The fourth-order valence-corrected chi connectivity index (χ4v) is 1.93. The predicted octanol–water partition coefficient (Wildman–Crippen LogP) is 1.74. The number of nitrogens with zero attached hydrogens (tertiary/aromatic N) is 2. The van der Waals surface area contributed by atoms with Gasteiger partial charge in [0.15, 0.2) is 11.5 Å². The summed E-state index contributed by atoms with van der Waals surface area (Å²) in [6.07, 6.45) is 3.72. The Morgan fingerprint density at radius 2 is 2.21 bits per heavy atom. The Bertz CT molecular complexity index is 515. The maximum absolute atomic E-state index is 5.82. The summed E-state index contributed by atoms with van der Waals surface area (Å²) >= 11 is 0. The summed E-state index contributed by atoms with van der Waals surface area (Å²) in [5, 5.41) is 0. The van der Waals surface area contributed by atoms with Crippen molar-refractivity contribution in [2.24, 2.45) is 5.73 Å². The number of methoxy groups -OCH3 is 1. The highest BCUT2D eigenvalue weighted by atomic mass is 16.5. The topological polar surface area (TPSA) is 62.3 Å². The molecule has 0 saturated carbocycles. The van der Waals surface area contributed by atoms with Gasteiger partial charge in [-0.25, -0.2) is 4.98 Å². The molecular formula is C14H19N3O2. The molecule has 1 aromatic heterocycles. The smallest absolute Gasteiger partial charge is 0.165 e. The van der Waals surface area contributed by atoms with Crippen molar-refractivity contribution in [1.82, 2.24) is 9.55 Å². The number of hydrogen-bond acceptors (Lipinski definition) is 4. The molecule has 0 bridgehead atoms. The summed E-state index contributed by atoms with van der Waals surface area (Å²) < 4.78 is 13.2. The molecule has 0 fully saturated rings. The summed E-state index contributed by atoms with van der Waals surface area (Å²) in [6, 6.07) is 5.73. The van der Waals surface area contributed by atoms with Gasteiger partial charge in [-0.3, -0.25) is 0 Å². The Kier molecular flexibility index (Phi) is 4.41. The molecule has 19 heavy (non-hydrogen) atoms.